The standard InChI is InChI=1S/C17H22N6OS/c1-11-14-7-13(8-18-16(14)23(4)21-11)20-17(24)19-9-15(22(2)3)12-5-6-25-10-12/h5-8,10,15H,9H2,1-4H3,(H2,19,20,24)/t15-/m1/s1. The van der Waals surface area contributed by atoms with Gasteiger partial charge in [-0.1, -0.05) is 0 Å². The molecule has 2 amide bonds. The number of aromatic nitrogens is 3. The minimum absolute atomic E-state index is 0.137. The smallest absolute Gasteiger partial charge is 0.319 e. The van der Waals surface area contributed by atoms with Crippen molar-refractivity contribution in [3.05, 3.63) is 40.3 Å². The maximum Gasteiger partial charge on any atom is 0.319 e. The van der Waals surface area contributed by atoms with E-state index in [0.29, 0.717) is 12.2 Å². The molecule has 8 heteroatoms. The van der Waals surface area contributed by atoms with E-state index in [1.54, 1.807) is 22.2 Å². The lowest BCUT2D eigenvalue weighted by Gasteiger charge is -2.24. The summed E-state index contributed by atoms with van der Waals surface area (Å²) < 4.78 is 1.73. The third kappa shape index (κ3) is 3.80. The largest absolute Gasteiger partial charge is 0.336 e. The van der Waals surface area contributed by atoms with Crippen molar-refractivity contribution in [2.45, 2.75) is 13.0 Å². The van der Waals surface area contributed by atoms with Crippen LogP contribution in [0, 0.1) is 6.92 Å². The van der Waals surface area contributed by atoms with Crippen molar-refractivity contribution in [1.82, 2.24) is 25.0 Å². The Morgan fingerprint density at radius 3 is 2.92 bits per heavy atom. The van der Waals surface area contributed by atoms with Crippen LogP contribution >= 0.6 is 11.3 Å². The molecule has 3 heterocycles. The van der Waals surface area contributed by atoms with Gasteiger partial charge in [0.25, 0.3) is 0 Å². The number of carbonyl (C=O) groups is 1. The molecule has 0 aliphatic carbocycles. The maximum absolute atomic E-state index is 12.2. The van der Waals surface area contributed by atoms with Crippen LogP contribution in [0.15, 0.2) is 29.1 Å². The summed E-state index contributed by atoms with van der Waals surface area (Å²) >= 11 is 1.66. The Morgan fingerprint density at radius 2 is 2.24 bits per heavy atom. The Bertz CT molecular complexity index is 871. The number of nitrogens with one attached hydrogen (secondary N) is 2. The number of hydrogen-bond donors (Lipinski definition) is 2. The summed E-state index contributed by atoms with van der Waals surface area (Å²) in [6.07, 6.45) is 1.64. The van der Waals surface area contributed by atoms with Crippen LogP contribution in [0.5, 0.6) is 0 Å². The molecule has 0 bridgehead atoms. The monoisotopic (exact) mass is 358 g/mol. The quantitative estimate of drug-likeness (QED) is 0.735. The molecular formula is C17H22N6OS. The zero-order valence-corrected chi connectivity index (χ0v) is 15.6. The van der Waals surface area contributed by atoms with Gasteiger partial charge in [-0.2, -0.15) is 16.4 Å². The predicted octanol–water partition coefficient (Wildman–Crippen LogP) is 2.76. The number of hydrogen-bond acceptors (Lipinski definition) is 5. The molecule has 7 nitrogen and oxygen atoms in total. The summed E-state index contributed by atoms with van der Waals surface area (Å²) in [6.45, 7) is 2.45. The molecule has 0 saturated heterocycles. The van der Waals surface area contributed by atoms with Crippen molar-refractivity contribution in [1.29, 1.82) is 0 Å². The minimum atomic E-state index is -0.246. The van der Waals surface area contributed by atoms with E-state index in [-0.39, 0.29) is 12.1 Å². The highest BCUT2D eigenvalue weighted by molar-refractivity contribution is 7.07. The second-order valence-corrected chi connectivity index (χ2v) is 6.96. The van der Waals surface area contributed by atoms with Crippen LogP contribution < -0.4 is 10.6 Å². The first-order valence-electron chi connectivity index (χ1n) is 7.98. The van der Waals surface area contributed by atoms with E-state index in [4.69, 9.17) is 0 Å². The van der Waals surface area contributed by atoms with Gasteiger partial charge in [0, 0.05) is 19.0 Å². The maximum atomic E-state index is 12.2. The molecular weight excluding hydrogens is 336 g/mol. The fourth-order valence-electron chi connectivity index (χ4n) is 2.80. The molecule has 3 aromatic heterocycles. The average Bonchev–Trinajstić information content (AvgIpc) is 3.17. The molecule has 0 radical (unpaired) electrons. The molecule has 0 spiro atoms. The van der Waals surface area contributed by atoms with E-state index in [1.807, 2.05) is 39.5 Å². The van der Waals surface area contributed by atoms with Crippen LogP contribution in [0.1, 0.15) is 17.3 Å². The molecule has 0 fully saturated rings. The highest BCUT2D eigenvalue weighted by Crippen LogP contribution is 2.21. The molecule has 25 heavy (non-hydrogen) atoms. The van der Waals surface area contributed by atoms with Crippen molar-refractivity contribution in [3.8, 4) is 0 Å². The third-order valence-electron chi connectivity index (χ3n) is 4.13. The number of pyridine rings is 1. The Morgan fingerprint density at radius 1 is 1.44 bits per heavy atom. The summed E-state index contributed by atoms with van der Waals surface area (Å²) in [4.78, 5) is 18.7. The van der Waals surface area contributed by atoms with Crippen LogP contribution in [0.4, 0.5) is 10.5 Å². The molecule has 3 rings (SSSR count). The van der Waals surface area contributed by atoms with Gasteiger partial charge in [0.1, 0.15) is 0 Å². The van der Waals surface area contributed by atoms with Crippen LogP contribution in [0.2, 0.25) is 0 Å². The Balaban J connectivity index is 1.65. The summed E-state index contributed by atoms with van der Waals surface area (Å²) in [7, 11) is 5.86. The number of carbonyl (C=O) groups excluding carboxylic acids is 1. The molecule has 0 aliphatic heterocycles. The molecule has 0 aromatic carbocycles. The van der Waals surface area contributed by atoms with Gasteiger partial charge >= 0.3 is 6.03 Å². The SMILES string of the molecule is Cc1nn(C)c2ncc(NC(=O)NC[C@H](c3ccsc3)N(C)C)cc12. The molecule has 1 atom stereocenters. The van der Waals surface area contributed by atoms with Crippen molar-refractivity contribution >= 4 is 34.1 Å². The summed E-state index contributed by atoms with van der Waals surface area (Å²) in [5, 5.41) is 15.2. The van der Waals surface area contributed by atoms with Gasteiger partial charge in [-0.25, -0.2) is 9.78 Å². The fraction of sp³-hybridized carbons (Fsp3) is 0.353. The predicted molar refractivity (Wildman–Crippen MR) is 101 cm³/mol. The van der Waals surface area contributed by atoms with Crippen LogP contribution in [0.3, 0.4) is 0 Å². The van der Waals surface area contributed by atoms with Crippen LogP contribution in [-0.4, -0.2) is 46.3 Å². The van der Waals surface area contributed by atoms with Gasteiger partial charge in [-0.05, 0) is 49.5 Å². The summed E-state index contributed by atoms with van der Waals surface area (Å²) in [5.41, 5.74) is 3.54. The van der Waals surface area contributed by atoms with Crippen LogP contribution in [0.25, 0.3) is 11.0 Å². The van der Waals surface area contributed by atoms with Crippen molar-refractivity contribution in [2.24, 2.45) is 7.05 Å². The molecule has 132 valence electrons. The topological polar surface area (TPSA) is 75.1 Å². The first-order valence-corrected chi connectivity index (χ1v) is 8.92. The minimum Gasteiger partial charge on any atom is -0.336 e. The van der Waals surface area contributed by atoms with Gasteiger partial charge in [0.05, 0.1) is 23.6 Å². The van der Waals surface area contributed by atoms with Gasteiger partial charge in [0.2, 0.25) is 0 Å². The summed E-state index contributed by atoms with van der Waals surface area (Å²) in [5.74, 6) is 0. The second kappa shape index (κ2) is 7.20. The molecule has 2 N–H and O–H groups in total. The van der Waals surface area contributed by atoms with Gasteiger partial charge in [-0.15, -0.1) is 0 Å². The second-order valence-electron chi connectivity index (χ2n) is 6.18. The lowest BCUT2D eigenvalue weighted by atomic mass is 10.1. The number of nitrogens with zero attached hydrogens (tertiary/aromatic N) is 4. The highest BCUT2D eigenvalue weighted by Gasteiger charge is 2.16. The number of aryl methyl sites for hydroxylation is 2. The van der Waals surface area contributed by atoms with Crippen LogP contribution in [-0.2, 0) is 7.05 Å². The first-order chi connectivity index (χ1) is 12.0. The first kappa shape index (κ1) is 17.4. The number of amides is 2. The normalized spacial score (nSPS) is 12.5. The number of urea groups is 1. The Labute approximate surface area is 150 Å². The molecule has 0 saturated carbocycles. The molecule has 0 aliphatic rings. The molecule has 0 unspecified atom stereocenters. The van der Waals surface area contributed by atoms with E-state index in [1.165, 1.54) is 5.56 Å². The van der Waals surface area contributed by atoms with Gasteiger partial charge in [0.15, 0.2) is 5.65 Å². The van der Waals surface area contributed by atoms with E-state index < -0.39 is 0 Å². The highest BCUT2D eigenvalue weighted by atomic mass is 32.1. The van der Waals surface area contributed by atoms with Gasteiger partial charge < -0.3 is 15.5 Å². The number of rotatable bonds is 5. The Kier molecular flexibility index (Phi) is 5.00. The van der Waals surface area contributed by atoms with E-state index in [9.17, 15) is 4.79 Å². The van der Waals surface area contributed by atoms with E-state index >= 15 is 0 Å². The van der Waals surface area contributed by atoms with Crippen molar-refractivity contribution < 1.29 is 4.79 Å². The van der Waals surface area contributed by atoms with E-state index in [2.05, 4.69) is 37.1 Å². The molecule has 3 aromatic rings. The lowest BCUT2D eigenvalue weighted by Crippen LogP contribution is -2.36. The number of fused-ring (bicyclic) bond motifs is 1. The summed E-state index contributed by atoms with van der Waals surface area (Å²) in [6, 6.07) is 3.87. The van der Waals surface area contributed by atoms with Gasteiger partial charge in [-0.3, -0.25) is 4.68 Å². The van der Waals surface area contributed by atoms with E-state index in [0.717, 1.165) is 16.7 Å². The fourth-order valence-corrected chi connectivity index (χ4v) is 3.51. The van der Waals surface area contributed by atoms with Crippen molar-refractivity contribution in [3.63, 3.8) is 0 Å². The number of anilines is 1. The zero-order valence-electron chi connectivity index (χ0n) is 14.8. The van der Waals surface area contributed by atoms with Crippen molar-refractivity contribution in [2.75, 3.05) is 26.0 Å². The zero-order chi connectivity index (χ0) is 18.0. The Hall–Kier alpha value is -2.45. The average molecular weight is 358 g/mol. The lowest BCUT2D eigenvalue weighted by molar-refractivity contribution is 0.243. The third-order valence-corrected chi connectivity index (χ3v) is 4.83. The number of thiophene rings is 1. The number of likely N-dealkylation sites (N-methyl/N-ethyl adjacent to an activating group) is 1.